The third-order valence-corrected chi connectivity index (χ3v) is 2.14. The zero-order valence-electron chi connectivity index (χ0n) is 5.06. The first-order chi connectivity index (χ1) is 3.97. The van der Waals surface area contributed by atoms with Crippen molar-refractivity contribution in [3.05, 3.63) is 0 Å². The van der Waals surface area contributed by atoms with Crippen LogP contribution in [0.25, 0.3) is 0 Å². The zero-order chi connectivity index (χ0) is 5.40. The summed E-state index contributed by atoms with van der Waals surface area (Å²) in [6.45, 7) is 2.47. The van der Waals surface area contributed by atoms with Gasteiger partial charge in [-0.05, 0) is 19.3 Å². The number of hydrogen-bond donors (Lipinski definition) is 1. The summed E-state index contributed by atoms with van der Waals surface area (Å²) in [5.41, 5.74) is 0. The highest BCUT2D eigenvalue weighted by atomic mass is 15.4. The highest BCUT2D eigenvalue weighted by molar-refractivity contribution is 4.81. The topological polar surface area (TPSA) is 15.3 Å². The van der Waals surface area contributed by atoms with Gasteiger partial charge in [0, 0.05) is 6.54 Å². The highest BCUT2D eigenvalue weighted by Crippen LogP contribution is 2.18. The molecule has 8 heavy (non-hydrogen) atoms. The van der Waals surface area contributed by atoms with E-state index in [0.717, 1.165) is 12.8 Å². The van der Waals surface area contributed by atoms with Crippen molar-refractivity contribution >= 4 is 0 Å². The fourth-order valence-corrected chi connectivity index (χ4v) is 1.52. The van der Waals surface area contributed by atoms with Gasteiger partial charge in [-0.1, -0.05) is 0 Å². The summed E-state index contributed by atoms with van der Waals surface area (Å²) in [6, 6.07) is 0. The second-order valence-electron chi connectivity index (χ2n) is 2.69. The maximum absolute atomic E-state index is 3.37. The fraction of sp³-hybridized carbons (Fsp3) is 1.00. The molecule has 2 heteroatoms. The lowest BCUT2D eigenvalue weighted by atomic mass is 10.1. The summed E-state index contributed by atoms with van der Waals surface area (Å²) in [6.07, 6.45) is 4.98. The van der Waals surface area contributed by atoms with E-state index in [1.165, 1.54) is 25.8 Å². The molecule has 0 aromatic rings. The summed E-state index contributed by atoms with van der Waals surface area (Å²) >= 11 is 0. The molecule has 2 nitrogen and oxygen atoms in total. The summed E-state index contributed by atoms with van der Waals surface area (Å²) in [4.78, 5) is 2.50. The van der Waals surface area contributed by atoms with E-state index in [9.17, 15) is 0 Å². The molecule has 2 saturated heterocycles. The van der Waals surface area contributed by atoms with Gasteiger partial charge in [0.25, 0.3) is 0 Å². The van der Waals surface area contributed by atoms with Gasteiger partial charge < -0.3 is 0 Å². The van der Waals surface area contributed by atoms with E-state index in [1.54, 1.807) is 0 Å². The highest BCUT2D eigenvalue weighted by Gasteiger charge is 2.28. The lowest BCUT2D eigenvalue weighted by Gasteiger charge is -2.45. The van der Waals surface area contributed by atoms with Crippen LogP contribution in [0.2, 0.25) is 0 Å². The summed E-state index contributed by atoms with van der Waals surface area (Å²) in [5, 5.41) is 3.37. The Hall–Kier alpha value is -0.0800. The van der Waals surface area contributed by atoms with Gasteiger partial charge in [0.1, 0.15) is 0 Å². The molecule has 2 fully saturated rings. The van der Waals surface area contributed by atoms with Crippen LogP contribution in [-0.4, -0.2) is 24.3 Å². The van der Waals surface area contributed by atoms with Gasteiger partial charge in [0.05, 0.1) is 12.8 Å². The van der Waals surface area contributed by atoms with Gasteiger partial charge in [-0.15, -0.1) is 0 Å². The predicted octanol–water partition coefficient (Wildman–Crippen LogP) is 0.359. The van der Waals surface area contributed by atoms with Gasteiger partial charge in [-0.25, -0.2) is 0 Å². The molecule has 2 aliphatic rings. The van der Waals surface area contributed by atoms with E-state index >= 15 is 0 Å². The Labute approximate surface area is 49.9 Å². The molecular formula is C6H12N2. The standard InChI is InChI=1S/C6H12N2/c1-2-4-8-5-7-6(8)3-1/h6-7H,1-5H2. The summed E-state index contributed by atoms with van der Waals surface area (Å²) in [7, 11) is 0. The smallest absolute Gasteiger partial charge is 0.0618 e. The Bertz CT molecular complexity index is 80.5. The average molecular weight is 112 g/mol. The second kappa shape index (κ2) is 1.71. The molecule has 46 valence electrons. The molecule has 2 heterocycles. The second-order valence-corrected chi connectivity index (χ2v) is 2.69. The van der Waals surface area contributed by atoms with Crippen molar-refractivity contribution in [2.24, 2.45) is 0 Å². The molecule has 1 unspecified atom stereocenters. The van der Waals surface area contributed by atoms with Crippen LogP contribution < -0.4 is 5.32 Å². The van der Waals surface area contributed by atoms with Crippen molar-refractivity contribution in [2.45, 2.75) is 25.4 Å². The van der Waals surface area contributed by atoms with E-state index in [2.05, 4.69) is 10.2 Å². The monoisotopic (exact) mass is 112 g/mol. The van der Waals surface area contributed by atoms with Crippen molar-refractivity contribution in [2.75, 3.05) is 13.2 Å². The van der Waals surface area contributed by atoms with Gasteiger partial charge in [-0.3, -0.25) is 10.2 Å². The SMILES string of the molecule is C1CCN2CNC2C1. The number of piperidine rings is 1. The van der Waals surface area contributed by atoms with Crippen molar-refractivity contribution in [1.82, 2.24) is 10.2 Å². The average Bonchev–Trinajstić information content (AvgIpc) is 1.72. The van der Waals surface area contributed by atoms with Crippen molar-refractivity contribution < 1.29 is 0 Å². The molecule has 2 rings (SSSR count). The Morgan fingerprint density at radius 1 is 1.38 bits per heavy atom. The van der Waals surface area contributed by atoms with Crippen LogP contribution in [0.3, 0.4) is 0 Å². The summed E-state index contributed by atoms with van der Waals surface area (Å²) in [5.74, 6) is 0. The molecule has 0 aromatic heterocycles. The van der Waals surface area contributed by atoms with Crippen LogP contribution in [0, 0.1) is 0 Å². The number of nitrogens with one attached hydrogen (secondary N) is 1. The van der Waals surface area contributed by atoms with Crippen LogP contribution in [0.4, 0.5) is 0 Å². The van der Waals surface area contributed by atoms with Crippen LogP contribution in [0.15, 0.2) is 0 Å². The minimum absolute atomic E-state index is 0.767. The van der Waals surface area contributed by atoms with Gasteiger partial charge in [0.2, 0.25) is 0 Å². The van der Waals surface area contributed by atoms with Crippen LogP contribution in [0.1, 0.15) is 19.3 Å². The van der Waals surface area contributed by atoms with Gasteiger partial charge >= 0.3 is 0 Å². The van der Waals surface area contributed by atoms with Crippen LogP contribution in [-0.2, 0) is 0 Å². The number of nitrogens with zero attached hydrogens (tertiary/aromatic N) is 1. The lowest BCUT2D eigenvalue weighted by Crippen LogP contribution is -2.63. The molecule has 0 radical (unpaired) electrons. The Kier molecular flexibility index (Phi) is 1.02. The van der Waals surface area contributed by atoms with E-state index in [0.29, 0.717) is 0 Å². The lowest BCUT2D eigenvalue weighted by molar-refractivity contribution is 0.0163. The van der Waals surface area contributed by atoms with Gasteiger partial charge in [-0.2, -0.15) is 0 Å². The Balaban J connectivity index is 1.92. The maximum Gasteiger partial charge on any atom is 0.0618 e. The Morgan fingerprint density at radius 2 is 2.38 bits per heavy atom. The molecular weight excluding hydrogens is 100 g/mol. The molecule has 0 spiro atoms. The van der Waals surface area contributed by atoms with Crippen LogP contribution in [0.5, 0.6) is 0 Å². The molecule has 1 atom stereocenters. The third kappa shape index (κ3) is 0.565. The van der Waals surface area contributed by atoms with E-state index in [1.807, 2.05) is 0 Å². The minimum Gasteiger partial charge on any atom is -0.289 e. The quantitative estimate of drug-likeness (QED) is 0.486. The predicted molar refractivity (Wildman–Crippen MR) is 32.3 cm³/mol. The molecule has 0 bridgehead atoms. The van der Waals surface area contributed by atoms with E-state index in [-0.39, 0.29) is 0 Å². The van der Waals surface area contributed by atoms with Gasteiger partial charge in [0.15, 0.2) is 0 Å². The first-order valence-electron chi connectivity index (χ1n) is 3.44. The third-order valence-electron chi connectivity index (χ3n) is 2.14. The molecule has 0 saturated carbocycles. The minimum atomic E-state index is 0.767. The van der Waals surface area contributed by atoms with E-state index < -0.39 is 0 Å². The van der Waals surface area contributed by atoms with Crippen molar-refractivity contribution in [3.63, 3.8) is 0 Å². The molecule has 0 amide bonds. The van der Waals surface area contributed by atoms with Crippen molar-refractivity contribution in [1.29, 1.82) is 0 Å². The number of fused-ring (bicyclic) bond motifs is 1. The first kappa shape index (κ1) is 4.77. The molecule has 0 aromatic carbocycles. The van der Waals surface area contributed by atoms with Crippen LogP contribution >= 0.6 is 0 Å². The largest absolute Gasteiger partial charge is 0.289 e. The molecule has 1 N–H and O–H groups in total. The zero-order valence-corrected chi connectivity index (χ0v) is 5.06. The molecule has 0 aliphatic carbocycles. The molecule has 2 aliphatic heterocycles. The maximum atomic E-state index is 3.37. The number of hydrogen-bond acceptors (Lipinski definition) is 2. The summed E-state index contributed by atoms with van der Waals surface area (Å²) < 4.78 is 0. The van der Waals surface area contributed by atoms with Crippen molar-refractivity contribution in [3.8, 4) is 0 Å². The fourth-order valence-electron chi connectivity index (χ4n) is 1.52. The normalized spacial score (nSPS) is 38.2. The Morgan fingerprint density at radius 3 is 2.75 bits per heavy atom. The van der Waals surface area contributed by atoms with E-state index in [4.69, 9.17) is 0 Å². The number of rotatable bonds is 0. The first-order valence-corrected chi connectivity index (χ1v) is 3.44.